The quantitative estimate of drug-likeness (QED) is 0.218. The number of aromatic nitrogens is 4. The number of fused-ring (bicyclic) bond motifs is 3. The monoisotopic (exact) mass is 624 g/mol. The molecule has 2 bridgehead atoms. The van der Waals surface area contributed by atoms with Gasteiger partial charge in [-0.2, -0.15) is 0 Å². The summed E-state index contributed by atoms with van der Waals surface area (Å²) in [6.45, 7) is 13.0. The minimum atomic E-state index is -0.271. The van der Waals surface area contributed by atoms with E-state index in [0.29, 0.717) is 59.5 Å². The number of guanidine groups is 1. The van der Waals surface area contributed by atoms with Crippen molar-refractivity contribution in [2.45, 2.75) is 72.1 Å². The van der Waals surface area contributed by atoms with Gasteiger partial charge in [0.1, 0.15) is 11.6 Å². The number of halogens is 1. The van der Waals surface area contributed by atoms with Crippen LogP contribution in [0.25, 0.3) is 10.9 Å². The maximum atomic E-state index is 13.9. The molecule has 1 aliphatic heterocycles. The van der Waals surface area contributed by atoms with Gasteiger partial charge in [0.2, 0.25) is 0 Å². The van der Waals surface area contributed by atoms with E-state index in [0.717, 1.165) is 49.2 Å². The summed E-state index contributed by atoms with van der Waals surface area (Å²) in [5, 5.41) is 7.81. The van der Waals surface area contributed by atoms with Crippen LogP contribution < -0.4 is 16.2 Å². The molecule has 3 saturated carbocycles. The number of piperazine rings is 1. The van der Waals surface area contributed by atoms with E-state index in [9.17, 15) is 9.18 Å². The van der Waals surface area contributed by atoms with Crippen molar-refractivity contribution in [2.75, 3.05) is 25.0 Å². The average Bonchev–Trinajstić information content (AvgIpc) is 3.55. The Morgan fingerprint density at radius 1 is 1.15 bits per heavy atom. The summed E-state index contributed by atoms with van der Waals surface area (Å²) in [5.74, 6) is 3.27. The summed E-state index contributed by atoms with van der Waals surface area (Å²) in [5.41, 5.74) is 2.80. The Morgan fingerprint density at radius 2 is 1.98 bits per heavy atom. The van der Waals surface area contributed by atoms with Gasteiger partial charge in [-0.25, -0.2) is 19.4 Å². The van der Waals surface area contributed by atoms with Gasteiger partial charge in [0.15, 0.2) is 5.96 Å². The zero-order valence-electron chi connectivity index (χ0n) is 27.3. The number of anilines is 1. The van der Waals surface area contributed by atoms with E-state index in [1.165, 1.54) is 18.6 Å². The van der Waals surface area contributed by atoms with Gasteiger partial charge in [-0.05, 0) is 85.3 Å². The highest BCUT2D eigenvalue weighted by Gasteiger charge is 2.56. The van der Waals surface area contributed by atoms with Gasteiger partial charge in [-0.15, -0.1) is 0 Å². The first-order valence-corrected chi connectivity index (χ1v) is 16.7. The largest absolute Gasteiger partial charge is 0.340 e. The second-order valence-electron chi connectivity index (χ2n) is 14.2. The molecule has 10 heteroatoms. The Morgan fingerprint density at radius 3 is 2.70 bits per heavy atom. The third-order valence-corrected chi connectivity index (χ3v) is 11.0. The van der Waals surface area contributed by atoms with Gasteiger partial charge >= 0.3 is 0 Å². The maximum Gasteiger partial charge on any atom is 0.261 e. The molecule has 0 spiro atoms. The molecule has 8 rings (SSSR count). The molecule has 3 heterocycles. The van der Waals surface area contributed by atoms with Crippen LogP contribution in [0, 0.1) is 29.0 Å². The third kappa shape index (κ3) is 5.95. The number of hydrogen-bond donors (Lipinski definition) is 2. The first-order chi connectivity index (χ1) is 22.2. The van der Waals surface area contributed by atoms with Crippen LogP contribution in [0.4, 0.5) is 10.1 Å². The first kappa shape index (κ1) is 30.6. The molecule has 2 aromatic heterocycles. The molecular formula is C36H45FN8O. The topological polar surface area (TPSA) is 92.4 Å². The highest BCUT2D eigenvalue weighted by molar-refractivity contribution is 5.96. The normalized spacial score (nSPS) is 25.8. The fourth-order valence-corrected chi connectivity index (χ4v) is 8.03. The van der Waals surface area contributed by atoms with Crippen molar-refractivity contribution in [2.24, 2.45) is 28.2 Å². The van der Waals surface area contributed by atoms with E-state index >= 15 is 0 Å². The minimum absolute atomic E-state index is 0.0866. The zero-order chi connectivity index (χ0) is 32.0. The highest BCUT2D eigenvalue weighted by Crippen LogP contribution is 2.61. The van der Waals surface area contributed by atoms with Crippen LogP contribution in [-0.4, -0.2) is 61.7 Å². The van der Waals surface area contributed by atoms with Crippen LogP contribution in [0.1, 0.15) is 51.9 Å². The Bertz CT molecular complexity index is 1780. The van der Waals surface area contributed by atoms with Gasteiger partial charge in [0.25, 0.3) is 5.56 Å². The predicted molar refractivity (Wildman–Crippen MR) is 180 cm³/mol. The lowest BCUT2D eigenvalue weighted by molar-refractivity contribution is -0.108. The van der Waals surface area contributed by atoms with E-state index in [-0.39, 0.29) is 17.4 Å². The van der Waals surface area contributed by atoms with E-state index in [2.05, 4.69) is 48.2 Å². The fraction of sp³-hybridized carbons (Fsp3) is 0.500. The average molecular weight is 625 g/mol. The van der Waals surface area contributed by atoms with Crippen LogP contribution in [-0.2, 0) is 19.5 Å². The van der Waals surface area contributed by atoms with Crippen LogP contribution in [0.2, 0.25) is 0 Å². The lowest BCUT2D eigenvalue weighted by Gasteiger charge is -2.61. The van der Waals surface area contributed by atoms with Crippen molar-refractivity contribution in [3.8, 4) is 0 Å². The Kier molecular flexibility index (Phi) is 8.17. The molecular weight excluding hydrogens is 579 g/mol. The van der Waals surface area contributed by atoms with Crippen molar-refractivity contribution < 1.29 is 4.39 Å². The molecule has 0 amide bonds. The van der Waals surface area contributed by atoms with Gasteiger partial charge in [0, 0.05) is 50.3 Å². The zero-order valence-corrected chi connectivity index (χ0v) is 27.3. The van der Waals surface area contributed by atoms with Crippen molar-refractivity contribution >= 4 is 22.5 Å². The number of imidazole rings is 1. The van der Waals surface area contributed by atoms with Crippen LogP contribution >= 0.6 is 0 Å². The molecule has 4 aliphatic rings. The summed E-state index contributed by atoms with van der Waals surface area (Å²) >= 11 is 0. The molecule has 9 nitrogen and oxygen atoms in total. The SMILES string of the molecule is C[C@@H]1[C@@H](N=C(Nc2ccc3c(=O)n(CCc4ccc(F)cc4)c(Cn4ccnc4)nc3c2)N2CCN[C@@H](C)C2)C[C@@H]2C[C@H]1C2(C)C. The standard InChI is InChI=1S/C36H45FN8O/c1-23-20-44(16-13-39-23)35(42-31-18-26-17-30(24(31)2)36(26,3)4)40-28-9-10-29-32(19-28)41-33(21-43-15-12-38-22-43)45(34(29)46)14-11-25-5-7-27(37)8-6-25/h5-10,12,15,19,22-24,26,30-31,39H,11,13-14,16-18,20-21H2,1-4H3,(H,40,42)/t23-,24-,26-,30+,31-/m0/s1. The highest BCUT2D eigenvalue weighted by atomic mass is 19.1. The molecule has 2 N–H and O–H groups in total. The molecule has 3 aliphatic carbocycles. The number of hydrogen-bond acceptors (Lipinski definition) is 5. The number of benzene rings is 2. The van der Waals surface area contributed by atoms with E-state index < -0.39 is 0 Å². The van der Waals surface area contributed by atoms with Gasteiger partial charge < -0.3 is 20.1 Å². The molecule has 1 saturated heterocycles. The Labute approximate surface area is 270 Å². The predicted octanol–water partition coefficient (Wildman–Crippen LogP) is 5.16. The summed E-state index contributed by atoms with van der Waals surface area (Å²) in [6.07, 6.45) is 8.36. The molecule has 4 fully saturated rings. The van der Waals surface area contributed by atoms with Crippen LogP contribution in [0.15, 0.2) is 71.0 Å². The second-order valence-corrected chi connectivity index (χ2v) is 14.2. The van der Waals surface area contributed by atoms with Crippen LogP contribution in [0.5, 0.6) is 0 Å². The van der Waals surface area contributed by atoms with Gasteiger partial charge in [-0.1, -0.05) is 32.9 Å². The number of aryl methyl sites for hydroxylation is 1. The molecule has 46 heavy (non-hydrogen) atoms. The van der Waals surface area contributed by atoms with Gasteiger partial charge in [0.05, 0.1) is 29.8 Å². The lowest BCUT2D eigenvalue weighted by Crippen LogP contribution is -2.57. The number of rotatable bonds is 7. The Balaban J connectivity index is 1.21. The summed E-state index contributed by atoms with van der Waals surface area (Å²) in [4.78, 5) is 31.0. The van der Waals surface area contributed by atoms with E-state index in [1.807, 2.05) is 29.0 Å². The molecule has 5 atom stereocenters. The summed E-state index contributed by atoms with van der Waals surface area (Å²) in [6, 6.07) is 12.9. The second kappa shape index (κ2) is 12.3. The maximum absolute atomic E-state index is 13.9. The fourth-order valence-electron chi connectivity index (χ4n) is 8.03. The van der Waals surface area contributed by atoms with Gasteiger partial charge in [-0.3, -0.25) is 9.36 Å². The lowest BCUT2D eigenvalue weighted by atomic mass is 9.45. The number of nitrogens with zero attached hydrogens (tertiary/aromatic N) is 6. The summed E-state index contributed by atoms with van der Waals surface area (Å²) < 4.78 is 17.1. The molecule has 242 valence electrons. The number of nitrogens with one attached hydrogen (secondary N) is 2. The Hall–Kier alpha value is -4.05. The van der Waals surface area contributed by atoms with Crippen molar-refractivity contribution in [3.05, 3.63) is 88.7 Å². The van der Waals surface area contributed by atoms with Crippen molar-refractivity contribution in [3.63, 3.8) is 0 Å². The molecule has 2 aromatic carbocycles. The van der Waals surface area contributed by atoms with Crippen molar-refractivity contribution in [1.82, 2.24) is 29.3 Å². The molecule has 4 aromatic rings. The van der Waals surface area contributed by atoms with Crippen molar-refractivity contribution in [1.29, 1.82) is 0 Å². The third-order valence-electron chi connectivity index (χ3n) is 11.0. The molecule has 0 radical (unpaired) electrons. The smallest absolute Gasteiger partial charge is 0.261 e. The van der Waals surface area contributed by atoms with Crippen LogP contribution in [0.3, 0.4) is 0 Å². The first-order valence-electron chi connectivity index (χ1n) is 16.7. The molecule has 0 unspecified atom stereocenters. The van der Waals surface area contributed by atoms with E-state index in [4.69, 9.17) is 9.98 Å². The summed E-state index contributed by atoms with van der Waals surface area (Å²) in [7, 11) is 0. The minimum Gasteiger partial charge on any atom is -0.340 e. The number of aliphatic imine (C=N–C) groups is 1. The van der Waals surface area contributed by atoms with E-state index in [1.54, 1.807) is 29.2 Å².